The first kappa shape index (κ1) is 17.7. The number of hydrogen-bond acceptors (Lipinski definition) is 4. The van der Waals surface area contributed by atoms with Crippen molar-refractivity contribution in [1.82, 2.24) is 16.0 Å². The van der Waals surface area contributed by atoms with Gasteiger partial charge in [-0.25, -0.2) is 4.79 Å². The molecule has 0 atom stereocenters. The Morgan fingerprint density at radius 1 is 1.00 bits per heavy atom. The highest BCUT2D eigenvalue weighted by Gasteiger charge is 2.30. The number of carbonyl (C=O) groups is 2. The molecule has 6 heteroatoms. The second-order valence-corrected chi connectivity index (χ2v) is 6.97. The van der Waals surface area contributed by atoms with E-state index in [1.807, 2.05) is 30.3 Å². The van der Waals surface area contributed by atoms with E-state index in [0.717, 1.165) is 44.2 Å². The molecule has 1 aromatic carbocycles. The molecule has 0 heterocycles. The largest absolute Gasteiger partial charge is 0.445 e. The summed E-state index contributed by atoms with van der Waals surface area (Å²) in [5.41, 5.74) is 0.983. The van der Waals surface area contributed by atoms with Crippen molar-refractivity contribution in [2.75, 3.05) is 6.54 Å². The van der Waals surface area contributed by atoms with Crippen LogP contribution < -0.4 is 16.0 Å². The van der Waals surface area contributed by atoms with Crippen LogP contribution in [0.1, 0.15) is 44.1 Å². The summed E-state index contributed by atoms with van der Waals surface area (Å²) in [7, 11) is 0. The van der Waals surface area contributed by atoms with Crippen LogP contribution in [0.2, 0.25) is 0 Å². The fourth-order valence-corrected chi connectivity index (χ4v) is 2.92. The number of amides is 2. The van der Waals surface area contributed by atoms with E-state index >= 15 is 0 Å². The first-order valence-electron chi connectivity index (χ1n) is 9.19. The van der Waals surface area contributed by atoms with Crippen LogP contribution in [0.25, 0.3) is 0 Å². The number of nitrogens with one attached hydrogen (secondary N) is 3. The standard InChI is InChI=1S/C19H27N3O3/c23-18(21-15-8-9-15)7-4-10-20-16-11-17(12-16)22-19(24)25-13-14-5-2-1-3-6-14/h1-3,5-6,15-17,20H,4,7-13H2,(H,21,23)(H,22,24). The summed E-state index contributed by atoms with van der Waals surface area (Å²) in [4.78, 5) is 23.3. The smallest absolute Gasteiger partial charge is 0.407 e. The lowest BCUT2D eigenvalue weighted by molar-refractivity contribution is -0.121. The van der Waals surface area contributed by atoms with Crippen LogP contribution in [-0.2, 0) is 16.1 Å². The van der Waals surface area contributed by atoms with Gasteiger partial charge in [-0.15, -0.1) is 0 Å². The minimum atomic E-state index is -0.357. The van der Waals surface area contributed by atoms with Crippen molar-refractivity contribution in [2.45, 2.75) is 63.3 Å². The molecule has 6 nitrogen and oxygen atoms in total. The van der Waals surface area contributed by atoms with Crippen LogP contribution in [0.3, 0.4) is 0 Å². The quantitative estimate of drug-likeness (QED) is 0.599. The Morgan fingerprint density at radius 2 is 1.76 bits per heavy atom. The van der Waals surface area contributed by atoms with E-state index < -0.39 is 0 Å². The Bertz CT molecular complexity index is 569. The molecule has 0 aromatic heterocycles. The van der Waals surface area contributed by atoms with Crippen LogP contribution in [0.15, 0.2) is 30.3 Å². The van der Waals surface area contributed by atoms with Gasteiger partial charge in [-0.2, -0.15) is 0 Å². The number of hydrogen-bond donors (Lipinski definition) is 3. The first-order valence-corrected chi connectivity index (χ1v) is 9.19. The van der Waals surface area contributed by atoms with Crippen molar-refractivity contribution >= 4 is 12.0 Å². The van der Waals surface area contributed by atoms with E-state index in [2.05, 4.69) is 16.0 Å². The molecule has 2 aliphatic carbocycles. The van der Waals surface area contributed by atoms with Crippen LogP contribution in [0.5, 0.6) is 0 Å². The summed E-state index contributed by atoms with van der Waals surface area (Å²) in [5, 5.41) is 9.32. The van der Waals surface area contributed by atoms with E-state index in [4.69, 9.17) is 4.74 Å². The maximum Gasteiger partial charge on any atom is 0.407 e. The van der Waals surface area contributed by atoms with Gasteiger partial charge < -0.3 is 20.7 Å². The van der Waals surface area contributed by atoms with Crippen molar-refractivity contribution in [3.05, 3.63) is 35.9 Å². The predicted octanol–water partition coefficient (Wildman–Crippen LogP) is 2.09. The molecule has 0 spiro atoms. The van der Waals surface area contributed by atoms with Gasteiger partial charge in [0.1, 0.15) is 6.61 Å². The number of ether oxygens (including phenoxy) is 1. The Kier molecular flexibility index (Phi) is 6.28. The molecular formula is C19H27N3O3. The van der Waals surface area contributed by atoms with E-state index in [1.54, 1.807) is 0 Å². The third-order valence-electron chi connectivity index (χ3n) is 4.63. The van der Waals surface area contributed by atoms with Crippen molar-refractivity contribution in [2.24, 2.45) is 0 Å². The molecule has 136 valence electrons. The third kappa shape index (κ3) is 6.38. The van der Waals surface area contributed by atoms with Gasteiger partial charge in [-0.05, 0) is 44.2 Å². The lowest BCUT2D eigenvalue weighted by Gasteiger charge is -2.36. The summed E-state index contributed by atoms with van der Waals surface area (Å²) in [6.45, 7) is 1.14. The lowest BCUT2D eigenvalue weighted by atomic mass is 9.87. The highest BCUT2D eigenvalue weighted by Crippen LogP contribution is 2.20. The first-order chi connectivity index (χ1) is 12.2. The molecule has 3 rings (SSSR count). The second kappa shape index (κ2) is 8.85. The Labute approximate surface area is 148 Å². The molecule has 0 bridgehead atoms. The molecule has 0 aliphatic heterocycles. The van der Waals surface area contributed by atoms with Gasteiger partial charge >= 0.3 is 6.09 Å². The number of benzene rings is 1. The zero-order valence-corrected chi connectivity index (χ0v) is 14.5. The van der Waals surface area contributed by atoms with Crippen LogP contribution in [-0.4, -0.2) is 36.7 Å². The number of rotatable bonds is 9. The Morgan fingerprint density at radius 3 is 2.48 bits per heavy atom. The lowest BCUT2D eigenvalue weighted by Crippen LogP contribution is -2.52. The van der Waals surface area contributed by atoms with Crippen molar-refractivity contribution in [3.8, 4) is 0 Å². The highest BCUT2D eigenvalue weighted by atomic mass is 16.5. The maximum atomic E-state index is 11.8. The molecule has 2 fully saturated rings. The summed E-state index contributed by atoms with van der Waals surface area (Å²) in [6, 6.07) is 10.7. The molecule has 2 saturated carbocycles. The zero-order chi connectivity index (χ0) is 17.5. The van der Waals surface area contributed by atoms with Crippen LogP contribution >= 0.6 is 0 Å². The average molecular weight is 345 g/mol. The van der Waals surface area contributed by atoms with E-state index in [1.165, 1.54) is 0 Å². The molecule has 2 aliphatic rings. The van der Waals surface area contributed by atoms with Crippen molar-refractivity contribution in [3.63, 3.8) is 0 Å². The highest BCUT2D eigenvalue weighted by molar-refractivity contribution is 5.76. The van der Waals surface area contributed by atoms with Crippen LogP contribution in [0, 0.1) is 0 Å². The predicted molar refractivity (Wildman–Crippen MR) is 95.0 cm³/mol. The van der Waals surface area contributed by atoms with Gasteiger partial charge in [-0.1, -0.05) is 30.3 Å². The van der Waals surface area contributed by atoms with Gasteiger partial charge in [0.15, 0.2) is 0 Å². The average Bonchev–Trinajstić information content (AvgIpc) is 3.39. The molecule has 0 saturated heterocycles. The Balaban J connectivity index is 1.18. The summed E-state index contributed by atoms with van der Waals surface area (Å²) in [5.74, 6) is 0.165. The molecule has 1 aromatic rings. The molecule has 0 radical (unpaired) electrons. The molecular weight excluding hydrogens is 318 g/mol. The normalized spacial score (nSPS) is 21.9. The molecule has 25 heavy (non-hydrogen) atoms. The van der Waals surface area contributed by atoms with Crippen LogP contribution in [0.4, 0.5) is 4.79 Å². The summed E-state index contributed by atoms with van der Waals surface area (Å²) in [6.07, 6.45) is 5.17. The van der Waals surface area contributed by atoms with Crippen molar-refractivity contribution in [1.29, 1.82) is 0 Å². The van der Waals surface area contributed by atoms with Gasteiger partial charge in [0.05, 0.1) is 0 Å². The van der Waals surface area contributed by atoms with Gasteiger partial charge in [0, 0.05) is 24.5 Å². The van der Waals surface area contributed by atoms with Crippen molar-refractivity contribution < 1.29 is 14.3 Å². The topological polar surface area (TPSA) is 79.5 Å². The monoisotopic (exact) mass is 345 g/mol. The number of alkyl carbamates (subject to hydrolysis) is 1. The second-order valence-electron chi connectivity index (χ2n) is 6.97. The minimum Gasteiger partial charge on any atom is -0.445 e. The SMILES string of the molecule is O=C(CCCNC1CC(NC(=O)OCc2ccccc2)C1)NC1CC1. The maximum absolute atomic E-state index is 11.8. The van der Waals surface area contributed by atoms with E-state index in [9.17, 15) is 9.59 Å². The number of carbonyl (C=O) groups excluding carboxylic acids is 2. The molecule has 2 amide bonds. The summed E-state index contributed by atoms with van der Waals surface area (Å²) < 4.78 is 5.22. The van der Waals surface area contributed by atoms with E-state index in [0.29, 0.717) is 25.1 Å². The van der Waals surface area contributed by atoms with Gasteiger partial charge in [0.2, 0.25) is 5.91 Å². The zero-order valence-electron chi connectivity index (χ0n) is 14.5. The minimum absolute atomic E-state index is 0.165. The fraction of sp³-hybridized carbons (Fsp3) is 0.579. The van der Waals surface area contributed by atoms with Gasteiger partial charge in [-0.3, -0.25) is 4.79 Å². The third-order valence-corrected chi connectivity index (χ3v) is 4.63. The molecule has 0 unspecified atom stereocenters. The van der Waals surface area contributed by atoms with E-state index in [-0.39, 0.29) is 18.0 Å². The fourth-order valence-electron chi connectivity index (χ4n) is 2.92. The Hall–Kier alpha value is -2.08. The molecule has 3 N–H and O–H groups in total. The van der Waals surface area contributed by atoms with Gasteiger partial charge in [0.25, 0.3) is 0 Å². The summed E-state index contributed by atoms with van der Waals surface area (Å²) >= 11 is 0.